The van der Waals surface area contributed by atoms with E-state index in [1.54, 1.807) is 12.5 Å². The first-order valence-electron chi connectivity index (χ1n) is 5.20. The first-order chi connectivity index (χ1) is 7.25. The van der Waals surface area contributed by atoms with Crippen LogP contribution in [0.2, 0.25) is 0 Å². The Morgan fingerprint density at radius 1 is 1.53 bits per heavy atom. The molecule has 0 aromatic carbocycles. The fourth-order valence-corrected chi connectivity index (χ4v) is 2.34. The van der Waals surface area contributed by atoms with Gasteiger partial charge in [0, 0.05) is 18.8 Å². The number of halogens is 1. The van der Waals surface area contributed by atoms with Gasteiger partial charge in [-0.15, -0.1) is 0 Å². The second-order valence-corrected chi connectivity index (χ2v) is 4.89. The number of anilines is 1. The Bertz CT molecular complexity index is 331. The molecular weight excluding hydrogens is 256 g/mol. The molecule has 1 saturated carbocycles. The van der Waals surface area contributed by atoms with Gasteiger partial charge in [0.15, 0.2) is 0 Å². The highest BCUT2D eigenvalue weighted by atomic mass is 79.9. The normalized spacial score (nSPS) is 25.5. The molecule has 0 aliphatic heterocycles. The third-order valence-corrected chi connectivity index (χ3v) is 3.39. The number of nitrogens with zero attached hydrogens (tertiary/aromatic N) is 2. The molecule has 15 heavy (non-hydrogen) atoms. The molecule has 0 saturated heterocycles. The summed E-state index contributed by atoms with van der Waals surface area (Å²) < 4.78 is 0.910. The maximum Gasteiger partial charge on any atom is 0.143 e. The summed E-state index contributed by atoms with van der Waals surface area (Å²) >= 11 is 3.41. The average Bonchev–Trinajstić information content (AvgIpc) is 2.63. The highest BCUT2D eigenvalue weighted by molar-refractivity contribution is 9.10. The number of nitrogens with one attached hydrogen (secondary N) is 1. The second-order valence-electron chi connectivity index (χ2n) is 4.04. The largest absolute Gasteiger partial charge is 0.369 e. The van der Waals surface area contributed by atoms with Crippen molar-refractivity contribution in [3.8, 4) is 0 Å². The lowest BCUT2D eigenvalue weighted by atomic mass is 10.1. The molecule has 0 spiro atoms. The van der Waals surface area contributed by atoms with E-state index in [1.807, 2.05) is 0 Å². The molecule has 2 atom stereocenters. The average molecular weight is 271 g/mol. The first-order valence-corrected chi connectivity index (χ1v) is 6.00. The lowest BCUT2D eigenvalue weighted by molar-refractivity contribution is 0.564. The minimum atomic E-state index is 0.394. The van der Waals surface area contributed by atoms with E-state index in [-0.39, 0.29) is 0 Å². The van der Waals surface area contributed by atoms with Crippen LogP contribution in [0.1, 0.15) is 19.3 Å². The molecule has 4 nitrogen and oxygen atoms in total. The van der Waals surface area contributed by atoms with Gasteiger partial charge in [0.1, 0.15) is 12.1 Å². The fourth-order valence-electron chi connectivity index (χ4n) is 1.98. The molecule has 0 radical (unpaired) electrons. The van der Waals surface area contributed by atoms with Crippen LogP contribution in [-0.2, 0) is 0 Å². The molecule has 5 heteroatoms. The molecule has 0 bridgehead atoms. The van der Waals surface area contributed by atoms with Crippen LogP contribution in [0.15, 0.2) is 17.0 Å². The zero-order valence-electron chi connectivity index (χ0n) is 8.49. The quantitative estimate of drug-likeness (QED) is 0.879. The first kappa shape index (κ1) is 10.8. The van der Waals surface area contributed by atoms with Crippen molar-refractivity contribution in [2.24, 2.45) is 11.7 Å². The zero-order valence-corrected chi connectivity index (χ0v) is 10.1. The summed E-state index contributed by atoms with van der Waals surface area (Å²) in [5, 5.41) is 3.32. The van der Waals surface area contributed by atoms with Crippen LogP contribution in [-0.4, -0.2) is 22.6 Å². The molecule has 2 rings (SSSR count). The predicted octanol–water partition coefficient (Wildman–Crippen LogP) is 1.78. The van der Waals surface area contributed by atoms with Gasteiger partial charge in [0.2, 0.25) is 0 Å². The van der Waals surface area contributed by atoms with Gasteiger partial charge in [-0.05, 0) is 41.1 Å². The SMILES string of the molecule is NC1CCC(CNc2ncncc2Br)C1. The van der Waals surface area contributed by atoms with Gasteiger partial charge >= 0.3 is 0 Å². The van der Waals surface area contributed by atoms with Crippen LogP contribution in [0.4, 0.5) is 5.82 Å². The van der Waals surface area contributed by atoms with E-state index in [4.69, 9.17) is 5.73 Å². The van der Waals surface area contributed by atoms with Crippen molar-refractivity contribution in [2.75, 3.05) is 11.9 Å². The monoisotopic (exact) mass is 270 g/mol. The van der Waals surface area contributed by atoms with Gasteiger partial charge in [-0.3, -0.25) is 0 Å². The van der Waals surface area contributed by atoms with Crippen molar-refractivity contribution in [1.82, 2.24) is 9.97 Å². The van der Waals surface area contributed by atoms with Crippen LogP contribution in [0, 0.1) is 5.92 Å². The Morgan fingerprint density at radius 3 is 3.07 bits per heavy atom. The standard InChI is InChI=1S/C10H15BrN4/c11-9-5-13-6-15-10(9)14-4-7-1-2-8(12)3-7/h5-8H,1-4,12H2,(H,13,14,15). The molecule has 3 N–H and O–H groups in total. The lowest BCUT2D eigenvalue weighted by Crippen LogP contribution is -2.18. The van der Waals surface area contributed by atoms with Crippen molar-refractivity contribution < 1.29 is 0 Å². The summed E-state index contributed by atoms with van der Waals surface area (Å²) in [5.74, 6) is 1.55. The van der Waals surface area contributed by atoms with Crippen LogP contribution in [0.25, 0.3) is 0 Å². The van der Waals surface area contributed by atoms with Crippen molar-refractivity contribution in [3.63, 3.8) is 0 Å². The van der Waals surface area contributed by atoms with Gasteiger partial charge in [-0.2, -0.15) is 0 Å². The summed E-state index contributed by atoms with van der Waals surface area (Å²) in [7, 11) is 0. The molecule has 82 valence electrons. The van der Waals surface area contributed by atoms with Gasteiger partial charge in [-0.25, -0.2) is 9.97 Å². The summed E-state index contributed by atoms with van der Waals surface area (Å²) in [5.41, 5.74) is 5.86. The number of rotatable bonds is 3. The second kappa shape index (κ2) is 4.90. The van der Waals surface area contributed by atoms with Crippen LogP contribution in [0.5, 0.6) is 0 Å². The lowest BCUT2D eigenvalue weighted by Gasteiger charge is -2.11. The Labute approximate surface area is 97.8 Å². The van der Waals surface area contributed by atoms with Crippen molar-refractivity contribution in [2.45, 2.75) is 25.3 Å². The van der Waals surface area contributed by atoms with E-state index in [9.17, 15) is 0 Å². The van der Waals surface area contributed by atoms with E-state index in [2.05, 4.69) is 31.2 Å². The Morgan fingerprint density at radius 2 is 2.40 bits per heavy atom. The van der Waals surface area contributed by atoms with Crippen molar-refractivity contribution in [3.05, 3.63) is 17.0 Å². The van der Waals surface area contributed by atoms with E-state index in [0.29, 0.717) is 12.0 Å². The van der Waals surface area contributed by atoms with E-state index >= 15 is 0 Å². The molecule has 1 aromatic rings. The van der Waals surface area contributed by atoms with Crippen LogP contribution < -0.4 is 11.1 Å². The maximum absolute atomic E-state index is 5.86. The molecule has 1 heterocycles. The summed E-state index contributed by atoms with van der Waals surface area (Å²) in [6.45, 7) is 0.948. The van der Waals surface area contributed by atoms with E-state index in [0.717, 1.165) is 29.7 Å². The maximum atomic E-state index is 5.86. The van der Waals surface area contributed by atoms with Gasteiger partial charge < -0.3 is 11.1 Å². The minimum absolute atomic E-state index is 0.394. The fraction of sp³-hybridized carbons (Fsp3) is 0.600. The topological polar surface area (TPSA) is 63.8 Å². The molecule has 0 amide bonds. The number of aromatic nitrogens is 2. The summed E-state index contributed by atoms with van der Waals surface area (Å²) in [4.78, 5) is 8.08. The molecular formula is C10H15BrN4. The van der Waals surface area contributed by atoms with Gasteiger partial charge in [0.05, 0.1) is 4.47 Å². The van der Waals surface area contributed by atoms with Crippen molar-refractivity contribution in [1.29, 1.82) is 0 Å². The highest BCUT2D eigenvalue weighted by Crippen LogP contribution is 2.25. The molecule has 1 aliphatic rings. The minimum Gasteiger partial charge on any atom is -0.369 e. The number of hydrogen-bond donors (Lipinski definition) is 2. The third-order valence-electron chi connectivity index (χ3n) is 2.81. The Balaban J connectivity index is 1.86. The summed E-state index contributed by atoms with van der Waals surface area (Å²) in [6, 6.07) is 0.394. The smallest absolute Gasteiger partial charge is 0.143 e. The van der Waals surface area contributed by atoms with E-state index < -0.39 is 0 Å². The number of nitrogens with two attached hydrogens (primary N) is 1. The third kappa shape index (κ3) is 2.89. The van der Waals surface area contributed by atoms with Gasteiger partial charge in [-0.1, -0.05) is 0 Å². The molecule has 1 aromatic heterocycles. The zero-order chi connectivity index (χ0) is 10.7. The molecule has 1 aliphatic carbocycles. The molecule has 1 fully saturated rings. The van der Waals surface area contributed by atoms with Gasteiger partial charge in [0.25, 0.3) is 0 Å². The predicted molar refractivity (Wildman–Crippen MR) is 63.5 cm³/mol. The van der Waals surface area contributed by atoms with Crippen LogP contribution >= 0.6 is 15.9 Å². The van der Waals surface area contributed by atoms with Crippen LogP contribution in [0.3, 0.4) is 0 Å². The van der Waals surface area contributed by atoms with E-state index in [1.165, 1.54) is 6.42 Å². The highest BCUT2D eigenvalue weighted by Gasteiger charge is 2.21. The van der Waals surface area contributed by atoms with Crippen molar-refractivity contribution >= 4 is 21.7 Å². The Kier molecular flexibility index (Phi) is 3.53. The molecule has 2 unspecified atom stereocenters. The summed E-state index contributed by atoms with van der Waals surface area (Å²) in [6.07, 6.45) is 6.78. The number of hydrogen-bond acceptors (Lipinski definition) is 4. The Hall–Kier alpha value is -0.680.